The number of nitrogens with zero attached hydrogens (tertiary/aromatic N) is 1. The number of carbonyl (C=O) groups is 1. The zero-order valence-corrected chi connectivity index (χ0v) is 12.7. The summed E-state index contributed by atoms with van der Waals surface area (Å²) >= 11 is 7.59. The van der Waals surface area contributed by atoms with Gasteiger partial charge in [-0.25, -0.2) is 4.98 Å². The van der Waals surface area contributed by atoms with E-state index in [1.165, 1.54) is 0 Å². The van der Waals surface area contributed by atoms with Crippen molar-refractivity contribution in [2.24, 2.45) is 0 Å². The predicted molar refractivity (Wildman–Crippen MR) is 81.5 cm³/mol. The Balaban J connectivity index is 1.92. The molecule has 1 amide bonds. The molecule has 1 aromatic carbocycles. The number of hydrogen-bond acceptors (Lipinski definition) is 4. The zero-order valence-electron chi connectivity index (χ0n) is 11.1. The van der Waals surface area contributed by atoms with Crippen molar-refractivity contribution in [2.75, 3.05) is 5.32 Å². The Labute approximate surface area is 126 Å². The van der Waals surface area contributed by atoms with Gasteiger partial charge in [0.25, 0.3) is 5.91 Å². The summed E-state index contributed by atoms with van der Waals surface area (Å²) < 4.78 is 0. The molecule has 0 bridgehead atoms. The van der Waals surface area contributed by atoms with E-state index in [0.717, 1.165) is 16.4 Å². The number of anilines is 1. The molecule has 4 nitrogen and oxygen atoms in total. The molecule has 0 fully saturated rings. The summed E-state index contributed by atoms with van der Waals surface area (Å²) in [6, 6.07) is 5.19. The maximum atomic E-state index is 12.1. The van der Waals surface area contributed by atoms with E-state index >= 15 is 0 Å². The topological polar surface area (TPSA) is 54.0 Å². The molecule has 1 aliphatic rings. The first kappa shape index (κ1) is 13.4. The van der Waals surface area contributed by atoms with Gasteiger partial charge in [0, 0.05) is 16.3 Å². The average molecular weight is 308 g/mol. The van der Waals surface area contributed by atoms with Crippen LogP contribution in [0.2, 0.25) is 5.02 Å². The Morgan fingerprint density at radius 1 is 1.35 bits per heavy atom. The zero-order chi connectivity index (χ0) is 14.3. The van der Waals surface area contributed by atoms with Crippen molar-refractivity contribution in [3.8, 4) is 0 Å². The lowest BCUT2D eigenvalue weighted by Gasteiger charge is -2.26. The van der Waals surface area contributed by atoms with Crippen molar-refractivity contribution < 1.29 is 4.79 Å². The highest BCUT2D eigenvalue weighted by atomic mass is 35.5. The van der Waals surface area contributed by atoms with Gasteiger partial charge >= 0.3 is 0 Å². The summed E-state index contributed by atoms with van der Waals surface area (Å²) in [5.74, 6) is 0.272. The van der Waals surface area contributed by atoms with Crippen LogP contribution in [0, 0.1) is 0 Å². The molecule has 1 unspecified atom stereocenters. The van der Waals surface area contributed by atoms with Gasteiger partial charge in [-0.1, -0.05) is 25.4 Å². The third-order valence-corrected chi connectivity index (χ3v) is 4.53. The predicted octanol–water partition coefficient (Wildman–Crippen LogP) is 3.77. The molecule has 2 aromatic rings. The monoisotopic (exact) mass is 307 g/mol. The van der Waals surface area contributed by atoms with Crippen LogP contribution in [0.15, 0.2) is 23.6 Å². The molecule has 20 heavy (non-hydrogen) atoms. The number of benzene rings is 1. The lowest BCUT2D eigenvalue weighted by Crippen LogP contribution is -2.38. The second kappa shape index (κ2) is 5.07. The number of carbonyl (C=O) groups excluding carboxylic acids is 1. The summed E-state index contributed by atoms with van der Waals surface area (Å²) in [7, 11) is 0. The van der Waals surface area contributed by atoms with Gasteiger partial charge in [0.05, 0.1) is 22.0 Å². The van der Waals surface area contributed by atoms with Crippen LogP contribution in [0.5, 0.6) is 0 Å². The molecular formula is C14H14ClN3OS. The summed E-state index contributed by atoms with van der Waals surface area (Å²) in [6.07, 6.45) is -0.308. The van der Waals surface area contributed by atoms with E-state index in [2.05, 4.69) is 29.5 Å². The first-order valence-electron chi connectivity index (χ1n) is 6.37. The van der Waals surface area contributed by atoms with E-state index in [0.29, 0.717) is 16.5 Å². The number of nitrogens with one attached hydrogen (secondary N) is 2. The Morgan fingerprint density at radius 3 is 2.85 bits per heavy atom. The van der Waals surface area contributed by atoms with Gasteiger partial charge in [-0.3, -0.25) is 4.79 Å². The molecule has 2 N–H and O–H groups in total. The summed E-state index contributed by atoms with van der Waals surface area (Å²) in [5.41, 5.74) is 2.17. The van der Waals surface area contributed by atoms with Crippen molar-refractivity contribution in [1.82, 2.24) is 10.3 Å². The van der Waals surface area contributed by atoms with E-state index in [-0.39, 0.29) is 12.1 Å². The maximum Gasteiger partial charge on any atom is 0.255 e. The minimum atomic E-state index is -0.308. The second-order valence-corrected chi connectivity index (χ2v) is 6.33. The molecule has 1 aromatic heterocycles. The lowest BCUT2D eigenvalue weighted by molar-refractivity contribution is 0.0935. The standard InChI is InChI=1S/C14H14ClN3OS/c1-7(2)14-17-11(6-20-14)12-16-10-5-8(15)3-4-9(10)13(19)18-12/h3-7,12,16H,1-2H3,(H,18,19). The third-order valence-electron chi connectivity index (χ3n) is 3.13. The highest BCUT2D eigenvalue weighted by Crippen LogP contribution is 2.30. The average Bonchev–Trinajstić information content (AvgIpc) is 2.87. The number of halogens is 1. The van der Waals surface area contributed by atoms with Crippen LogP contribution in [-0.4, -0.2) is 10.9 Å². The minimum Gasteiger partial charge on any atom is -0.360 e. The summed E-state index contributed by atoms with van der Waals surface area (Å²) in [6.45, 7) is 4.20. The molecule has 1 atom stereocenters. The van der Waals surface area contributed by atoms with Crippen molar-refractivity contribution >= 4 is 34.5 Å². The minimum absolute atomic E-state index is 0.112. The van der Waals surface area contributed by atoms with Gasteiger partial charge in [0.15, 0.2) is 0 Å². The van der Waals surface area contributed by atoms with Gasteiger partial charge in [-0.15, -0.1) is 11.3 Å². The number of thiazole rings is 1. The molecule has 1 aliphatic heterocycles. The maximum absolute atomic E-state index is 12.1. The number of fused-ring (bicyclic) bond motifs is 1. The second-order valence-electron chi connectivity index (χ2n) is 5.01. The molecule has 3 rings (SSSR count). The molecule has 0 spiro atoms. The number of aromatic nitrogens is 1. The van der Waals surface area contributed by atoms with Crippen molar-refractivity contribution in [3.05, 3.63) is 44.9 Å². The Bertz CT molecular complexity index is 668. The first-order valence-corrected chi connectivity index (χ1v) is 7.62. The van der Waals surface area contributed by atoms with Crippen LogP contribution in [0.25, 0.3) is 0 Å². The fourth-order valence-corrected chi connectivity index (χ4v) is 3.11. The molecule has 0 aliphatic carbocycles. The van der Waals surface area contributed by atoms with Crippen LogP contribution in [-0.2, 0) is 0 Å². The van der Waals surface area contributed by atoms with Crippen molar-refractivity contribution in [2.45, 2.75) is 25.9 Å². The van der Waals surface area contributed by atoms with Crippen LogP contribution < -0.4 is 10.6 Å². The van der Waals surface area contributed by atoms with E-state index in [1.54, 1.807) is 29.5 Å². The van der Waals surface area contributed by atoms with Crippen LogP contribution in [0.3, 0.4) is 0 Å². The Hall–Kier alpha value is -1.59. The number of amides is 1. The van der Waals surface area contributed by atoms with Gasteiger partial charge in [0.1, 0.15) is 6.17 Å². The highest BCUT2D eigenvalue weighted by Gasteiger charge is 2.26. The first-order chi connectivity index (χ1) is 9.54. The van der Waals surface area contributed by atoms with E-state index in [9.17, 15) is 4.79 Å². The van der Waals surface area contributed by atoms with Crippen molar-refractivity contribution in [3.63, 3.8) is 0 Å². The van der Waals surface area contributed by atoms with Gasteiger partial charge in [-0.2, -0.15) is 0 Å². The normalized spacial score (nSPS) is 17.6. The van der Waals surface area contributed by atoms with E-state index in [4.69, 9.17) is 11.6 Å². The molecule has 0 saturated heterocycles. The smallest absolute Gasteiger partial charge is 0.255 e. The highest BCUT2D eigenvalue weighted by molar-refractivity contribution is 7.09. The SMILES string of the molecule is CC(C)c1nc(C2NC(=O)c3ccc(Cl)cc3N2)cs1. The molecule has 6 heteroatoms. The number of hydrogen-bond donors (Lipinski definition) is 2. The fraction of sp³-hybridized carbons (Fsp3) is 0.286. The molecule has 2 heterocycles. The van der Waals surface area contributed by atoms with Gasteiger partial charge < -0.3 is 10.6 Å². The Morgan fingerprint density at radius 2 is 2.15 bits per heavy atom. The molecule has 0 radical (unpaired) electrons. The van der Waals surface area contributed by atoms with Gasteiger partial charge in [-0.05, 0) is 18.2 Å². The Kier molecular flexibility index (Phi) is 3.40. The largest absolute Gasteiger partial charge is 0.360 e. The van der Waals surface area contributed by atoms with Crippen LogP contribution >= 0.6 is 22.9 Å². The summed E-state index contributed by atoms with van der Waals surface area (Å²) in [4.78, 5) is 16.7. The fourth-order valence-electron chi connectivity index (χ4n) is 2.08. The number of rotatable bonds is 2. The lowest BCUT2D eigenvalue weighted by atomic mass is 10.1. The van der Waals surface area contributed by atoms with Crippen molar-refractivity contribution in [1.29, 1.82) is 0 Å². The molecule has 0 saturated carbocycles. The van der Waals surface area contributed by atoms with Gasteiger partial charge in [0.2, 0.25) is 0 Å². The van der Waals surface area contributed by atoms with Crippen LogP contribution in [0.1, 0.15) is 47.0 Å². The molecule has 104 valence electrons. The summed E-state index contributed by atoms with van der Waals surface area (Å²) in [5, 5.41) is 9.82. The quantitative estimate of drug-likeness (QED) is 0.888. The van der Waals surface area contributed by atoms with Crippen LogP contribution in [0.4, 0.5) is 5.69 Å². The molecular weight excluding hydrogens is 294 g/mol. The third kappa shape index (κ3) is 2.39. The van der Waals surface area contributed by atoms with E-state index < -0.39 is 0 Å². The van der Waals surface area contributed by atoms with E-state index in [1.807, 2.05) is 5.38 Å².